The molecule has 0 radical (unpaired) electrons. The quantitative estimate of drug-likeness (QED) is 0.239. The number of nitrogens with two attached hydrogens (primary N) is 1. The van der Waals surface area contributed by atoms with Crippen LogP contribution in [0, 0.1) is 5.82 Å². The fourth-order valence-electron chi connectivity index (χ4n) is 7.13. The van der Waals surface area contributed by atoms with E-state index < -0.39 is 23.7 Å². The third kappa shape index (κ3) is 5.75. The molecule has 8 rings (SSSR count). The average Bonchev–Trinajstić information content (AvgIpc) is 3.64. The van der Waals surface area contributed by atoms with Crippen molar-refractivity contribution in [3.63, 3.8) is 0 Å². The van der Waals surface area contributed by atoms with Gasteiger partial charge in [-0.3, -0.25) is 24.6 Å². The SMILES string of the molecule is Nc1ncnc2c1c(-c1ccc(Oc3ccccc3)cc1)nn2[C@@H]1CCCN(Cc2cc3c(cc2F)C(=O)N(C2CCC(=O)NC2=O)C3)C1. The Labute approximate surface area is 280 Å². The summed E-state index contributed by atoms with van der Waals surface area (Å²) < 4.78 is 23.4. The van der Waals surface area contributed by atoms with E-state index in [9.17, 15) is 14.4 Å². The van der Waals surface area contributed by atoms with Crippen molar-refractivity contribution in [1.29, 1.82) is 0 Å². The monoisotopic (exact) mass is 660 g/mol. The number of anilines is 1. The van der Waals surface area contributed by atoms with Gasteiger partial charge in [-0.05, 0) is 79.9 Å². The number of nitrogens with one attached hydrogen (secondary N) is 1. The molecule has 3 aliphatic heterocycles. The first-order chi connectivity index (χ1) is 23.8. The third-order valence-electron chi connectivity index (χ3n) is 9.54. The number of aromatic nitrogens is 4. The van der Waals surface area contributed by atoms with E-state index >= 15 is 4.39 Å². The molecule has 2 aromatic heterocycles. The number of rotatable bonds is 7. The summed E-state index contributed by atoms with van der Waals surface area (Å²) in [6, 6.07) is 19.4. The predicted molar refractivity (Wildman–Crippen MR) is 178 cm³/mol. The number of imide groups is 1. The molecule has 12 nitrogen and oxygen atoms in total. The maximum Gasteiger partial charge on any atom is 0.255 e. The van der Waals surface area contributed by atoms with Crippen LogP contribution in [0.25, 0.3) is 22.3 Å². The fraction of sp³-hybridized carbons (Fsp3) is 0.278. The zero-order valence-corrected chi connectivity index (χ0v) is 26.5. The molecule has 0 saturated carbocycles. The van der Waals surface area contributed by atoms with E-state index in [1.54, 1.807) is 6.07 Å². The van der Waals surface area contributed by atoms with E-state index in [0.717, 1.165) is 30.7 Å². The van der Waals surface area contributed by atoms with E-state index in [4.69, 9.17) is 15.6 Å². The summed E-state index contributed by atoms with van der Waals surface area (Å²) in [7, 11) is 0. The largest absolute Gasteiger partial charge is 0.457 e. The van der Waals surface area contributed by atoms with E-state index in [1.165, 1.54) is 17.3 Å². The standard InChI is InChI=1S/C36H33FN8O4/c37-28-16-27-22(18-44(36(27)48)29-12-13-30(46)41-35(29)47)15-23(28)17-43-14-4-5-24(19-43)45-34-31(33(38)39-20-40-34)32(42-45)21-8-10-26(11-9-21)49-25-6-2-1-3-7-25/h1-3,6-11,15-16,20,24,29H,4-5,12-14,17-19H2,(H2,38,39,40)(H,41,46,47)/t24-,29?/m1/s1. The number of hydrogen-bond donors (Lipinski definition) is 2. The molecule has 0 spiro atoms. The van der Waals surface area contributed by atoms with Crippen LogP contribution in [0.3, 0.4) is 0 Å². The normalized spacial score (nSPS) is 19.7. The minimum atomic E-state index is -0.751. The molecule has 3 aliphatic rings. The Morgan fingerprint density at radius 2 is 1.78 bits per heavy atom. The van der Waals surface area contributed by atoms with Gasteiger partial charge in [-0.1, -0.05) is 18.2 Å². The van der Waals surface area contributed by atoms with Crippen LogP contribution < -0.4 is 15.8 Å². The molecule has 2 atom stereocenters. The molecule has 2 fully saturated rings. The summed E-state index contributed by atoms with van der Waals surface area (Å²) in [5, 5.41) is 8.01. The summed E-state index contributed by atoms with van der Waals surface area (Å²) >= 11 is 0. The van der Waals surface area contributed by atoms with E-state index in [-0.39, 0.29) is 36.9 Å². The number of carbonyl (C=O) groups is 3. The van der Waals surface area contributed by atoms with Crippen LogP contribution in [-0.4, -0.2) is 66.4 Å². The number of piperidine rings is 2. The van der Waals surface area contributed by atoms with Crippen molar-refractivity contribution in [3.05, 3.63) is 95.6 Å². The lowest BCUT2D eigenvalue weighted by Gasteiger charge is -2.33. The zero-order valence-electron chi connectivity index (χ0n) is 26.5. The van der Waals surface area contributed by atoms with E-state index in [1.807, 2.05) is 59.3 Å². The number of halogens is 1. The summed E-state index contributed by atoms with van der Waals surface area (Å²) in [5.74, 6) is 0.0691. The first-order valence-electron chi connectivity index (χ1n) is 16.3. The van der Waals surface area contributed by atoms with Gasteiger partial charge < -0.3 is 15.4 Å². The van der Waals surface area contributed by atoms with Crippen molar-refractivity contribution in [2.75, 3.05) is 18.8 Å². The van der Waals surface area contributed by atoms with Gasteiger partial charge in [-0.2, -0.15) is 5.10 Å². The van der Waals surface area contributed by atoms with Crippen molar-refractivity contribution in [2.24, 2.45) is 0 Å². The van der Waals surface area contributed by atoms with Crippen molar-refractivity contribution < 1.29 is 23.5 Å². The fourth-order valence-corrected chi connectivity index (χ4v) is 7.13. The number of amides is 3. The molecule has 13 heteroatoms. The highest BCUT2D eigenvalue weighted by Crippen LogP contribution is 2.36. The van der Waals surface area contributed by atoms with Crippen molar-refractivity contribution >= 4 is 34.6 Å². The molecule has 1 unspecified atom stereocenters. The van der Waals surface area contributed by atoms with E-state index in [2.05, 4.69) is 20.2 Å². The highest BCUT2D eigenvalue weighted by molar-refractivity contribution is 6.05. The Hall–Kier alpha value is -5.69. The number of likely N-dealkylation sites (tertiary alicyclic amines) is 1. The molecule has 5 aromatic rings. The maximum atomic E-state index is 15.5. The van der Waals surface area contributed by atoms with Gasteiger partial charge >= 0.3 is 0 Å². The Kier molecular flexibility index (Phi) is 7.75. The number of fused-ring (bicyclic) bond motifs is 2. The second-order valence-electron chi connectivity index (χ2n) is 12.7. The smallest absolute Gasteiger partial charge is 0.255 e. The third-order valence-corrected chi connectivity index (χ3v) is 9.54. The molecule has 2 saturated heterocycles. The number of nitrogens with zero attached hydrogens (tertiary/aromatic N) is 6. The molecule has 5 heterocycles. The number of benzene rings is 3. The van der Waals surface area contributed by atoms with Crippen molar-refractivity contribution in [3.8, 4) is 22.8 Å². The van der Waals surface area contributed by atoms with Crippen LogP contribution in [0.1, 0.15) is 53.2 Å². The first kappa shape index (κ1) is 30.6. The van der Waals surface area contributed by atoms with Crippen LogP contribution in [0.2, 0.25) is 0 Å². The number of para-hydroxylation sites is 1. The predicted octanol–water partition coefficient (Wildman–Crippen LogP) is 4.61. The lowest BCUT2D eigenvalue weighted by molar-refractivity contribution is -0.136. The van der Waals surface area contributed by atoms with E-state index in [0.29, 0.717) is 52.5 Å². The van der Waals surface area contributed by atoms with Gasteiger partial charge in [0.15, 0.2) is 5.65 Å². The molecule has 3 N–H and O–H groups in total. The minimum absolute atomic E-state index is 0.0536. The van der Waals surface area contributed by atoms with Gasteiger partial charge in [0.25, 0.3) is 5.91 Å². The molecular formula is C36H33FN8O4. The molecule has 49 heavy (non-hydrogen) atoms. The van der Waals surface area contributed by atoms with Gasteiger partial charge in [0, 0.05) is 42.7 Å². The molecule has 3 aromatic carbocycles. The second-order valence-corrected chi connectivity index (χ2v) is 12.7. The number of hydrogen-bond acceptors (Lipinski definition) is 9. The molecule has 0 aliphatic carbocycles. The van der Waals surface area contributed by atoms with Crippen molar-refractivity contribution in [1.82, 2.24) is 34.9 Å². The molecule has 248 valence electrons. The topological polar surface area (TPSA) is 149 Å². The van der Waals surface area contributed by atoms with Gasteiger partial charge in [0.1, 0.15) is 41.2 Å². The highest BCUT2D eigenvalue weighted by atomic mass is 19.1. The second kappa shape index (κ2) is 12.4. The number of nitrogen functional groups attached to an aromatic ring is 1. The molecular weight excluding hydrogens is 627 g/mol. The summed E-state index contributed by atoms with van der Waals surface area (Å²) in [4.78, 5) is 49.7. The lowest BCUT2D eigenvalue weighted by Crippen LogP contribution is -2.52. The Bertz CT molecular complexity index is 2100. The van der Waals surface area contributed by atoms with Crippen LogP contribution >= 0.6 is 0 Å². The zero-order chi connectivity index (χ0) is 33.6. The Morgan fingerprint density at radius 1 is 0.980 bits per heavy atom. The lowest BCUT2D eigenvalue weighted by atomic mass is 10.0. The van der Waals surface area contributed by atoms with Crippen LogP contribution in [0.15, 0.2) is 73.1 Å². The van der Waals surface area contributed by atoms with Gasteiger partial charge in [0.05, 0.1) is 11.4 Å². The highest BCUT2D eigenvalue weighted by Gasteiger charge is 2.39. The molecule has 0 bridgehead atoms. The van der Waals surface area contributed by atoms with Gasteiger partial charge in [-0.15, -0.1) is 0 Å². The summed E-state index contributed by atoms with van der Waals surface area (Å²) in [5.41, 5.74) is 9.96. The maximum absolute atomic E-state index is 15.5. The Morgan fingerprint density at radius 3 is 2.57 bits per heavy atom. The Balaban J connectivity index is 1.02. The molecule has 3 amide bonds. The first-order valence-corrected chi connectivity index (χ1v) is 16.3. The van der Waals surface area contributed by atoms with Crippen LogP contribution in [0.4, 0.5) is 10.2 Å². The number of carbonyl (C=O) groups excluding carboxylic acids is 3. The van der Waals surface area contributed by atoms with Gasteiger partial charge in [-0.25, -0.2) is 19.0 Å². The minimum Gasteiger partial charge on any atom is -0.457 e. The average molecular weight is 661 g/mol. The summed E-state index contributed by atoms with van der Waals surface area (Å²) in [6.45, 7) is 1.90. The van der Waals surface area contributed by atoms with Crippen molar-refractivity contribution in [2.45, 2.75) is 50.9 Å². The van der Waals surface area contributed by atoms with Crippen LogP contribution in [-0.2, 0) is 22.7 Å². The van der Waals surface area contributed by atoms with Crippen LogP contribution in [0.5, 0.6) is 11.5 Å². The summed E-state index contributed by atoms with van der Waals surface area (Å²) in [6.07, 6.45) is 3.57. The number of ether oxygens (including phenoxy) is 1. The van der Waals surface area contributed by atoms with Gasteiger partial charge in [0.2, 0.25) is 11.8 Å².